The van der Waals surface area contributed by atoms with Crippen LogP contribution in [-0.4, -0.2) is 67.8 Å². The first kappa shape index (κ1) is 11.9. The Morgan fingerprint density at radius 1 is 1.29 bits per heavy atom. The van der Waals surface area contributed by atoms with Crippen LogP contribution in [0.3, 0.4) is 0 Å². The lowest BCUT2D eigenvalue weighted by atomic mass is 10.3. The second-order valence-electron chi connectivity index (χ2n) is 3.93. The highest BCUT2D eigenvalue weighted by Gasteiger charge is 2.22. The van der Waals surface area contributed by atoms with Gasteiger partial charge in [0.25, 0.3) is 10.1 Å². The second kappa shape index (κ2) is 4.57. The first-order valence-electron chi connectivity index (χ1n) is 4.77. The molecule has 1 fully saturated rings. The lowest BCUT2D eigenvalue weighted by Gasteiger charge is -2.33. The van der Waals surface area contributed by atoms with Gasteiger partial charge in [0.15, 0.2) is 0 Å². The average molecular weight is 222 g/mol. The van der Waals surface area contributed by atoms with Crippen molar-refractivity contribution >= 4 is 10.1 Å². The first-order chi connectivity index (χ1) is 6.39. The molecule has 0 aromatic heterocycles. The molecule has 1 N–H and O–H groups in total. The van der Waals surface area contributed by atoms with E-state index in [1.807, 2.05) is 7.05 Å². The zero-order valence-electron chi connectivity index (χ0n) is 8.68. The van der Waals surface area contributed by atoms with Gasteiger partial charge in [-0.15, -0.1) is 0 Å². The molecule has 1 rings (SSSR count). The molecule has 84 valence electrons. The van der Waals surface area contributed by atoms with Gasteiger partial charge >= 0.3 is 0 Å². The molecule has 6 heteroatoms. The number of likely N-dealkylation sites (N-methyl/N-ethyl adjacent to an activating group) is 1. The summed E-state index contributed by atoms with van der Waals surface area (Å²) in [7, 11) is -1.83. The SMILES string of the molecule is CC(CN1CCN(C)CC1)S(=O)(=O)O. The molecular weight excluding hydrogens is 204 g/mol. The molecule has 14 heavy (non-hydrogen) atoms. The fraction of sp³-hybridized carbons (Fsp3) is 1.00. The smallest absolute Gasteiger partial charge is 0.268 e. The maximum atomic E-state index is 10.8. The van der Waals surface area contributed by atoms with Gasteiger partial charge < -0.3 is 4.90 Å². The summed E-state index contributed by atoms with van der Waals surface area (Å²) in [4.78, 5) is 4.27. The summed E-state index contributed by atoms with van der Waals surface area (Å²) in [5.41, 5.74) is 0. The summed E-state index contributed by atoms with van der Waals surface area (Å²) in [6, 6.07) is 0. The number of nitrogens with zero attached hydrogens (tertiary/aromatic N) is 2. The van der Waals surface area contributed by atoms with E-state index in [0.717, 1.165) is 26.2 Å². The predicted octanol–water partition coefficient (Wildman–Crippen LogP) is -0.490. The van der Waals surface area contributed by atoms with E-state index >= 15 is 0 Å². The molecule has 0 aliphatic carbocycles. The molecule has 0 saturated carbocycles. The number of piperazine rings is 1. The Morgan fingerprint density at radius 3 is 2.21 bits per heavy atom. The van der Waals surface area contributed by atoms with Crippen LogP contribution in [-0.2, 0) is 10.1 Å². The fourth-order valence-electron chi connectivity index (χ4n) is 1.49. The molecule has 0 spiro atoms. The third-order valence-corrected chi connectivity index (χ3v) is 3.79. The van der Waals surface area contributed by atoms with Crippen molar-refractivity contribution in [3.8, 4) is 0 Å². The van der Waals surface area contributed by atoms with E-state index in [-0.39, 0.29) is 0 Å². The third-order valence-electron chi connectivity index (χ3n) is 2.62. The highest BCUT2D eigenvalue weighted by atomic mass is 32.2. The minimum absolute atomic E-state index is 0.423. The summed E-state index contributed by atoms with van der Waals surface area (Å²) in [6.45, 7) is 5.61. The van der Waals surface area contributed by atoms with Crippen molar-refractivity contribution in [1.29, 1.82) is 0 Å². The van der Waals surface area contributed by atoms with Crippen LogP contribution in [0.2, 0.25) is 0 Å². The van der Waals surface area contributed by atoms with E-state index in [9.17, 15) is 8.42 Å². The molecule has 0 bridgehead atoms. The van der Waals surface area contributed by atoms with Gasteiger partial charge in [0.2, 0.25) is 0 Å². The molecule has 1 aliphatic rings. The highest BCUT2D eigenvalue weighted by Crippen LogP contribution is 2.04. The van der Waals surface area contributed by atoms with Crippen molar-refractivity contribution in [3.63, 3.8) is 0 Å². The Bertz CT molecular complexity index is 270. The zero-order valence-corrected chi connectivity index (χ0v) is 9.50. The fourth-order valence-corrected chi connectivity index (χ4v) is 1.89. The molecule has 1 saturated heterocycles. The largest absolute Gasteiger partial charge is 0.304 e. The van der Waals surface area contributed by atoms with Crippen molar-refractivity contribution in [2.45, 2.75) is 12.2 Å². The van der Waals surface area contributed by atoms with Crippen molar-refractivity contribution in [2.75, 3.05) is 39.8 Å². The third kappa shape index (κ3) is 3.53. The molecule has 1 unspecified atom stereocenters. The van der Waals surface area contributed by atoms with Crippen LogP contribution < -0.4 is 0 Å². The van der Waals surface area contributed by atoms with Crippen LogP contribution in [0.25, 0.3) is 0 Å². The Balaban J connectivity index is 2.38. The molecule has 1 atom stereocenters. The van der Waals surface area contributed by atoms with Crippen LogP contribution in [0.1, 0.15) is 6.92 Å². The van der Waals surface area contributed by atoms with E-state index in [0.29, 0.717) is 6.54 Å². The van der Waals surface area contributed by atoms with Crippen LogP contribution in [0, 0.1) is 0 Å². The average Bonchev–Trinajstić information content (AvgIpc) is 2.07. The maximum Gasteiger partial charge on any atom is 0.268 e. The normalized spacial score (nSPS) is 23.6. The van der Waals surface area contributed by atoms with E-state index in [1.165, 1.54) is 6.92 Å². The molecule has 0 amide bonds. The van der Waals surface area contributed by atoms with E-state index < -0.39 is 15.4 Å². The quantitative estimate of drug-likeness (QED) is 0.653. The predicted molar refractivity (Wildman–Crippen MR) is 54.9 cm³/mol. The Hall–Kier alpha value is -0.170. The minimum atomic E-state index is -3.87. The van der Waals surface area contributed by atoms with Gasteiger partial charge in [-0.2, -0.15) is 8.42 Å². The number of rotatable bonds is 3. The maximum absolute atomic E-state index is 10.8. The van der Waals surface area contributed by atoms with Crippen molar-refractivity contribution in [1.82, 2.24) is 9.80 Å². The zero-order chi connectivity index (χ0) is 10.8. The standard InChI is InChI=1S/C8H18N2O3S/c1-8(14(11,12)13)7-10-5-3-9(2)4-6-10/h8H,3-7H2,1-2H3,(H,11,12,13). The lowest BCUT2D eigenvalue weighted by Crippen LogP contribution is -2.47. The van der Waals surface area contributed by atoms with Gasteiger partial charge in [0.05, 0.1) is 5.25 Å². The summed E-state index contributed by atoms with van der Waals surface area (Å²) < 4.78 is 30.4. The Morgan fingerprint density at radius 2 is 1.79 bits per heavy atom. The number of hydrogen-bond acceptors (Lipinski definition) is 4. The van der Waals surface area contributed by atoms with Crippen molar-refractivity contribution < 1.29 is 13.0 Å². The Labute approximate surface area is 85.4 Å². The second-order valence-corrected chi connectivity index (χ2v) is 5.76. The van der Waals surface area contributed by atoms with Crippen LogP contribution in [0.15, 0.2) is 0 Å². The minimum Gasteiger partial charge on any atom is -0.304 e. The molecular formula is C8H18N2O3S. The van der Waals surface area contributed by atoms with Gasteiger partial charge in [-0.1, -0.05) is 0 Å². The van der Waals surface area contributed by atoms with Crippen molar-refractivity contribution in [2.24, 2.45) is 0 Å². The summed E-state index contributed by atoms with van der Waals surface area (Å²) in [6.07, 6.45) is 0. The molecule has 1 heterocycles. The topological polar surface area (TPSA) is 60.9 Å². The van der Waals surface area contributed by atoms with Crippen LogP contribution in [0.4, 0.5) is 0 Å². The van der Waals surface area contributed by atoms with Crippen LogP contribution >= 0.6 is 0 Å². The van der Waals surface area contributed by atoms with Gasteiger partial charge in [-0.05, 0) is 14.0 Å². The molecule has 0 aromatic carbocycles. The molecule has 0 aromatic rings. The lowest BCUT2D eigenvalue weighted by molar-refractivity contribution is 0.154. The van der Waals surface area contributed by atoms with Gasteiger partial charge in [-0.25, -0.2) is 0 Å². The van der Waals surface area contributed by atoms with E-state index in [4.69, 9.17) is 4.55 Å². The Kier molecular flexibility index (Phi) is 3.88. The molecule has 0 radical (unpaired) electrons. The monoisotopic (exact) mass is 222 g/mol. The first-order valence-corrected chi connectivity index (χ1v) is 6.27. The molecule has 1 aliphatic heterocycles. The van der Waals surface area contributed by atoms with E-state index in [2.05, 4.69) is 9.80 Å². The van der Waals surface area contributed by atoms with Crippen molar-refractivity contribution in [3.05, 3.63) is 0 Å². The van der Waals surface area contributed by atoms with Crippen LogP contribution in [0.5, 0.6) is 0 Å². The summed E-state index contributed by atoms with van der Waals surface area (Å²) in [5, 5.41) is -0.689. The molecule has 5 nitrogen and oxygen atoms in total. The van der Waals surface area contributed by atoms with Gasteiger partial charge in [-0.3, -0.25) is 9.45 Å². The highest BCUT2D eigenvalue weighted by molar-refractivity contribution is 7.86. The number of hydrogen-bond donors (Lipinski definition) is 1. The van der Waals surface area contributed by atoms with Gasteiger partial charge in [0.1, 0.15) is 0 Å². The summed E-state index contributed by atoms with van der Waals surface area (Å²) >= 11 is 0. The van der Waals surface area contributed by atoms with E-state index in [1.54, 1.807) is 0 Å². The van der Waals surface area contributed by atoms with Gasteiger partial charge in [0, 0.05) is 32.7 Å². The summed E-state index contributed by atoms with van der Waals surface area (Å²) in [5.74, 6) is 0.